The molecule has 0 bridgehead atoms. The summed E-state index contributed by atoms with van der Waals surface area (Å²) in [6.45, 7) is -3.54. The normalized spacial score (nSPS) is 74.8. The molecule has 1 aliphatic heterocycles. The van der Waals surface area contributed by atoms with Gasteiger partial charge in [-0.3, -0.25) is 4.79 Å². The molecular weight excluding hydrogens is 102 g/mol. The van der Waals surface area contributed by atoms with Crippen LogP contribution in [-0.4, -0.2) is 12.4 Å². The Bertz CT molecular complexity index is 415. The smallest absolute Gasteiger partial charge is 0.219 e. The van der Waals surface area contributed by atoms with Gasteiger partial charge >= 0.3 is 0 Å². The van der Waals surface area contributed by atoms with Gasteiger partial charge in [0.1, 0.15) is 0 Å². The monoisotopic (exact) mass is 124 g/mol. The van der Waals surface area contributed by atoms with Gasteiger partial charge in [0, 0.05) is 26.6 Å². The van der Waals surface area contributed by atoms with Crippen molar-refractivity contribution >= 4 is 5.91 Å². The summed E-state index contributed by atoms with van der Waals surface area (Å²) in [6.07, 6.45) is -14.6. The molecule has 1 rings (SSSR count). The lowest BCUT2D eigenvalue weighted by molar-refractivity contribution is -0.120. The lowest BCUT2D eigenvalue weighted by atomic mass is 10.2. The molecule has 0 unspecified atom stereocenters. The van der Waals surface area contributed by atoms with Gasteiger partial charge < -0.3 is 5.31 Å². The Kier molecular flexibility index (Phi) is 0.309. The van der Waals surface area contributed by atoms with E-state index in [0.717, 1.165) is 0 Å². The molecule has 1 saturated heterocycles. The van der Waals surface area contributed by atoms with Crippen LogP contribution in [0.4, 0.5) is 0 Å². The van der Waals surface area contributed by atoms with E-state index in [9.17, 15) is 4.79 Å². The molecule has 0 aromatic carbocycles. The molecule has 0 aliphatic carbocycles. The van der Waals surface area contributed by atoms with Crippen molar-refractivity contribution in [1.29, 1.82) is 0 Å². The minimum Gasteiger partial charge on any atom is -0.356 e. The fraction of sp³-hybridized carbons (Fsp3) is 0.833. The van der Waals surface area contributed by atoms with Crippen LogP contribution in [0.2, 0.25) is 1.41 Å². The van der Waals surface area contributed by atoms with Crippen LogP contribution in [0.15, 0.2) is 0 Å². The average Bonchev–Trinajstić information content (AvgIpc) is 2.25. The highest BCUT2D eigenvalue weighted by molar-refractivity contribution is 5.75. The maximum atomic E-state index is 11.6. The minimum atomic E-state index is -3.68. The van der Waals surface area contributed by atoms with Crippen LogP contribution in [0.5, 0.6) is 0 Å². The molecule has 0 aromatic rings. The SMILES string of the molecule is [2H]N1C(=O)C([2H])([2H])C([2H])([2H])C([2H])([2H])C([2H])([2H])C1([2H])[2H]. The van der Waals surface area contributed by atoms with E-state index in [1.165, 1.54) is 0 Å². The van der Waals surface area contributed by atoms with E-state index in [0.29, 0.717) is 0 Å². The van der Waals surface area contributed by atoms with E-state index in [2.05, 4.69) is 0 Å². The molecule has 0 radical (unpaired) electrons. The molecule has 1 heterocycles. The Morgan fingerprint density at radius 2 is 2.50 bits per heavy atom. The first kappa shape index (κ1) is 0.917. The van der Waals surface area contributed by atoms with E-state index in [4.69, 9.17) is 15.1 Å². The quantitative estimate of drug-likeness (QED) is 0.505. The molecule has 2 nitrogen and oxygen atoms in total. The maximum absolute atomic E-state index is 11.6. The summed E-state index contributed by atoms with van der Waals surface area (Å²) in [5.74, 6) is -1.98. The number of hydrogen-bond acceptors (Lipinski definition) is 1. The van der Waals surface area contributed by atoms with Crippen molar-refractivity contribution in [2.75, 3.05) is 6.50 Å². The standard InChI is InChI=1S/C6H11NO/c8-6-4-2-1-3-5-7-6/h1-5H2,(H,7,8)/i1D2,2D2,3D2,4D2,5D2/hD. The molecule has 0 saturated carbocycles. The zero-order chi connectivity index (χ0) is 15.7. The summed E-state index contributed by atoms with van der Waals surface area (Å²) < 4.78 is 81.0. The second kappa shape index (κ2) is 2.70. The molecule has 1 aliphatic rings. The largest absolute Gasteiger partial charge is 0.356 e. The van der Waals surface area contributed by atoms with Gasteiger partial charge in [0.2, 0.25) is 5.91 Å². The van der Waals surface area contributed by atoms with Crippen LogP contribution < -0.4 is 5.31 Å². The Hall–Kier alpha value is -0.530. The third-order valence-electron chi connectivity index (χ3n) is 0.508. The third-order valence-corrected chi connectivity index (χ3v) is 0.508. The topological polar surface area (TPSA) is 29.1 Å². The number of carbonyl (C=O) groups is 1. The van der Waals surface area contributed by atoms with Crippen LogP contribution >= 0.6 is 0 Å². The first-order valence-corrected chi connectivity index (χ1v) is 1.90. The number of hydrogen-bond donors (Lipinski definition) is 1. The summed E-state index contributed by atoms with van der Waals surface area (Å²) in [5, 5.41) is -0.671. The number of rotatable bonds is 0. The van der Waals surface area contributed by atoms with Crippen molar-refractivity contribution in [2.24, 2.45) is 0 Å². The van der Waals surface area contributed by atoms with Gasteiger partial charge in [0.15, 0.2) is 1.41 Å². The molecule has 1 fully saturated rings. The van der Waals surface area contributed by atoms with Gasteiger partial charge in [0.25, 0.3) is 0 Å². The van der Waals surface area contributed by atoms with E-state index in [-0.39, 0.29) is 0 Å². The van der Waals surface area contributed by atoms with Crippen molar-refractivity contribution in [3.8, 4) is 0 Å². The molecule has 46 valence electrons. The highest BCUT2D eigenvalue weighted by atomic mass is 16.1. The Labute approximate surface area is 64.8 Å². The first-order valence-electron chi connectivity index (χ1n) is 7.35. The van der Waals surface area contributed by atoms with Gasteiger partial charge in [-0.05, 0) is 12.7 Å². The van der Waals surface area contributed by atoms with Gasteiger partial charge in [0.05, 0.1) is 0 Å². The van der Waals surface area contributed by atoms with Crippen molar-refractivity contribution in [1.82, 2.24) is 5.31 Å². The Balaban J connectivity index is 3.74. The maximum Gasteiger partial charge on any atom is 0.219 e. The predicted molar refractivity (Wildman–Crippen MR) is 31.5 cm³/mol. The average molecular weight is 124 g/mol. The van der Waals surface area contributed by atoms with E-state index in [1.807, 2.05) is 0 Å². The highest BCUT2D eigenvalue weighted by Gasteiger charge is 2.03. The van der Waals surface area contributed by atoms with Crippen molar-refractivity contribution in [2.45, 2.75) is 25.5 Å². The molecular formula is C6H11NO. The molecule has 0 aromatic heterocycles. The zero-order valence-electron chi connectivity index (χ0n) is 14.9. The van der Waals surface area contributed by atoms with Crippen molar-refractivity contribution < 1.29 is 19.9 Å². The van der Waals surface area contributed by atoms with Gasteiger partial charge in [-0.1, -0.05) is 6.37 Å². The molecule has 0 atom stereocenters. The summed E-state index contributed by atoms with van der Waals surface area (Å²) >= 11 is 0. The second-order valence-corrected chi connectivity index (χ2v) is 1.03. The molecule has 1 N–H and O–H groups in total. The molecule has 1 amide bonds. The zero-order valence-corrected chi connectivity index (χ0v) is 3.86. The Morgan fingerprint density at radius 3 is 3.38 bits per heavy atom. The minimum absolute atomic E-state index is 0.671. The predicted octanol–water partition coefficient (Wildman–Crippen LogP) is 0.677. The van der Waals surface area contributed by atoms with Crippen molar-refractivity contribution in [3.63, 3.8) is 0 Å². The Morgan fingerprint density at radius 1 is 1.62 bits per heavy atom. The highest BCUT2D eigenvalue weighted by Crippen LogP contribution is 2.02. The van der Waals surface area contributed by atoms with Crippen LogP contribution in [-0.2, 0) is 4.79 Å². The van der Waals surface area contributed by atoms with Crippen LogP contribution in [0.3, 0.4) is 0 Å². The number of carbonyl (C=O) groups excluding carboxylic acids is 1. The van der Waals surface area contributed by atoms with E-state index < -0.39 is 43.2 Å². The molecule has 8 heavy (non-hydrogen) atoms. The second-order valence-electron chi connectivity index (χ2n) is 1.03. The lowest BCUT2D eigenvalue weighted by Crippen LogP contribution is -2.21. The van der Waals surface area contributed by atoms with Crippen LogP contribution in [0, 0.1) is 0 Å². The van der Waals surface area contributed by atoms with E-state index in [1.54, 1.807) is 0 Å². The first-order chi connectivity index (χ1) is 8.07. The third kappa shape index (κ3) is 1.52. The summed E-state index contributed by atoms with van der Waals surface area (Å²) in [7, 11) is 0. The number of nitrogens with one attached hydrogen (secondary N) is 1. The summed E-state index contributed by atoms with van der Waals surface area (Å²) in [6, 6.07) is 0. The van der Waals surface area contributed by atoms with Crippen LogP contribution in [0.25, 0.3) is 0 Å². The van der Waals surface area contributed by atoms with Gasteiger partial charge in [-0.15, -0.1) is 0 Å². The lowest BCUT2D eigenvalue weighted by Gasteiger charge is -1.93. The fourth-order valence-corrected chi connectivity index (χ4v) is 0.251. The van der Waals surface area contributed by atoms with Gasteiger partial charge in [-0.25, -0.2) is 0 Å². The summed E-state index contributed by atoms with van der Waals surface area (Å²) in [4.78, 5) is 11.6. The summed E-state index contributed by atoms with van der Waals surface area (Å²) in [5.41, 5.74) is 0. The molecule has 2 heteroatoms. The molecule has 0 spiro atoms. The van der Waals surface area contributed by atoms with Crippen molar-refractivity contribution in [3.05, 3.63) is 0 Å². The fourth-order valence-electron chi connectivity index (χ4n) is 0.251. The van der Waals surface area contributed by atoms with Crippen LogP contribution in [0.1, 0.15) is 39.2 Å². The van der Waals surface area contributed by atoms with Gasteiger partial charge in [-0.2, -0.15) is 0 Å². The number of amides is 1. The van der Waals surface area contributed by atoms with E-state index >= 15 is 0 Å².